The van der Waals surface area contributed by atoms with Crippen LogP contribution in [0.1, 0.15) is 34.3 Å². The molecule has 0 heterocycles. The summed E-state index contributed by atoms with van der Waals surface area (Å²) in [5.41, 5.74) is 2.78. The highest BCUT2D eigenvalue weighted by Gasteiger charge is 2.12. The average Bonchev–Trinajstić information content (AvgIpc) is 2.45. The molecule has 2 nitrogen and oxygen atoms in total. The molecule has 0 aliphatic heterocycles. The van der Waals surface area contributed by atoms with Gasteiger partial charge in [0.2, 0.25) is 0 Å². The summed E-state index contributed by atoms with van der Waals surface area (Å²) >= 11 is 6.10. The van der Waals surface area contributed by atoms with Crippen LogP contribution in [0.25, 0.3) is 0 Å². The Kier molecular flexibility index (Phi) is 4.80. The minimum Gasteiger partial charge on any atom is -0.351 e. The molecule has 1 amide bonds. The SMILES string of the molecule is Cc1ccc(C(=O)NC[C@@H](C)c2ccccc2)c(Cl)c1. The first-order valence-corrected chi connectivity index (χ1v) is 7.05. The fraction of sp³-hybridized carbons (Fsp3) is 0.235. The van der Waals surface area contributed by atoms with E-state index >= 15 is 0 Å². The van der Waals surface area contributed by atoms with Crippen molar-refractivity contribution in [3.05, 3.63) is 70.2 Å². The first-order valence-electron chi connectivity index (χ1n) is 6.67. The Balaban J connectivity index is 1.99. The summed E-state index contributed by atoms with van der Waals surface area (Å²) in [6.45, 7) is 4.63. The molecule has 1 N–H and O–H groups in total. The second-order valence-corrected chi connectivity index (χ2v) is 5.41. The van der Waals surface area contributed by atoms with Gasteiger partial charge in [-0.2, -0.15) is 0 Å². The van der Waals surface area contributed by atoms with Gasteiger partial charge in [-0.3, -0.25) is 4.79 Å². The lowest BCUT2D eigenvalue weighted by Gasteiger charge is -2.13. The second kappa shape index (κ2) is 6.58. The summed E-state index contributed by atoms with van der Waals surface area (Å²) in [5, 5.41) is 3.43. The number of carbonyl (C=O) groups excluding carboxylic acids is 1. The van der Waals surface area contributed by atoms with Gasteiger partial charge in [-0.1, -0.05) is 54.9 Å². The maximum Gasteiger partial charge on any atom is 0.252 e. The summed E-state index contributed by atoms with van der Waals surface area (Å²) < 4.78 is 0. The van der Waals surface area contributed by atoms with Crippen LogP contribution in [0.5, 0.6) is 0 Å². The Bertz CT molecular complexity index is 595. The van der Waals surface area contributed by atoms with Crippen molar-refractivity contribution in [3.8, 4) is 0 Å². The normalized spacial score (nSPS) is 11.9. The zero-order valence-corrected chi connectivity index (χ0v) is 12.4. The van der Waals surface area contributed by atoms with Crippen LogP contribution in [0.15, 0.2) is 48.5 Å². The smallest absolute Gasteiger partial charge is 0.252 e. The van der Waals surface area contributed by atoms with Crippen LogP contribution < -0.4 is 5.32 Å². The number of rotatable bonds is 4. The molecule has 0 bridgehead atoms. The molecule has 20 heavy (non-hydrogen) atoms. The zero-order valence-electron chi connectivity index (χ0n) is 11.7. The van der Waals surface area contributed by atoms with E-state index in [9.17, 15) is 4.79 Å². The number of halogens is 1. The number of aryl methyl sites for hydroxylation is 1. The van der Waals surface area contributed by atoms with Gasteiger partial charge in [0, 0.05) is 6.54 Å². The van der Waals surface area contributed by atoms with Gasteiger partial charge >= 0.3 is 0 Å². The monoisotopic (exact) mass is 287 g/mol. The maximum atomic E-state index is 12.1. The number of benzene rings is 2. The number of hydrogen-bond acceptors (Lipinski definition) is 1. The minimum atomic E-state index is -0.127. The largest absolute Gasteiger partial charge is 0.351 e. The van der Waals surface area contributed by atoms with Crippen LogP contribution in [-0.2, 0) is 0 Å². The van der Waals surface area contributed by atoms with Gasteiger partial charge in [0.15, 0.2) is 0 Å². The molecule has 0 aromatic heterocycles. The summed E-state index contributed by atoms with van der Waals surface area (Å²) in [6, 6.07) is 15.6. The highest BCUT2D eigenvalue weighted by atomic mass is 35.5. The number of nitrogens with one attached hydrogen (secondary N) is 1. The molecule has 0 radical (unpaired) electrons. The van der Waals surface area contributed by atoms with Gasteiger partial charge in [0.25, 0.3) is 5.91 Å². The van der Waals surface area contributed by atoms with Crippen molar-refractivity contribution < 1.29 is 4.79 Å². The predicted molar refractivity (Wildman–Crippen MR) is 83.4 cm³/mol. The van der Waals surface area contributed by atoms with Gasteiger partial charge in [-0.05, 0) is 36.1 Å². The highest BCUT2D eigenvalue weighted by molar-refractivity contribution is 6.33. The van der Waals surface area contributed by atoms with Gasteiger partial charge in [-0.25, -0.2) is 0 Å². The maximum absolute atomic E-state index is 12.1. The molecule has 0 fully saturated rings. The Morgan fingerprint density at radius 3 is 2.55 bits per heavy atom. The van der Waals surface area contributed by atoms with Crippen LogP contribution >= 0.6 is 11.6 Å². The lowest BCUT2D eigenvalue weighted by molar-refractivity contribution is 0.0952. The first-order chi connectivity index (χ1) is 9.58. The second-order valence-electron chi connectivity index (χ2n) is 5.01. The molecule has 3 heteroatoms. The van der Waals surface area contributed by atoms with Crippen molar-refractivity contribution in [1.29, 1.82) is 0 Å². The van der Waals surface area contributed by atoms with E-state index in [1.807, 2.05) is 31.2 Å². The fourth-order valence-electron chi connectivity index (χ4n) is 2.04. The van der Waals surface area contributed by atoms with Crippen LogP contribution in [0.2, 0.25) is 5.02 Å². The molecule has 0 spiro atoms. The first kappa shape index (κ1) is 14.6. The Morgan fingerprint density at radius 2 is 1.90 bits per heavy atom. The van der Waals surface area contributed by atoms with E-state index in [-0.39, 0.29) is 11.8 Å². The van der Waals surface area contributed by atoms with Crippen molar-refractivity contribution >= 4 is 17.5 Å². The van der Waals surface area contributed by atoms with Crippen molar-refractivity contribution in [3.63, 3.8) is 0 Å². The number of amides is 1. The third-order valence-corrected chi connectivity index (χ3v) is 3.62. The molecule has 1 atom stereocenters. The number of hydrogen-bond donors (Lipinski definition) is 1. The Hall–Kier alpha value is -1.80. The molecule has 0 saturated heterocycles. The van der Waals surface area contributed by atoms with Crippen LogP contribution in [0, 0.1) is 6.92 Å². The van der Waals surface area contributed by atoms with E-state index < -0.39 is 0 Å². The predicted octanol–water partition coefficient (Wildman–Crippen LogP) is 4.18. The fourth-order valence-corrected chi connectivity index (χ4v) is 2.37. The molecular weight excluding hydrogens is 270 g/mol. The lowest BCUT2D eigenvalue weighted by atomic mass is 10.0. The van der Waals surface area contributed by atoms with E-state index in [1.165, 1.54) is 5.56 Å². The molecule has 104 valence electrons. The quantitative estimate of drug-likeness (QED) is 0.898. The van der Waals surface area contributed by atoms with Crippen molar-refractivity contribution in [2.24, 2.45) is 0 Å². The lowest BCUT2D eigenvalue weighted by Crippen LogP contribution is -2.27. The van der Waals surface area contributed by atoms with Crippen molar-refractivity contribution in [1.82, 2.24) is 5.32 Å². The van der Waals surface area contributed by atoms with Gasteiger partial charge in [0.1, 0.15) is 0 Å². The van der Waals surface area contributed by atoms with Crippen LogP contribution in [0.3, 0.4) is 0 Å². The summed E-state index contributed by atoms with van der Waals surface area (Å²) in [5.74, 6) is 0.141. The van der Waals surface area contributed by atoms with Crippen molar-refractivity contribution in [2.45, 2.75) is 19.8 Å². The van der Waals surface area contributed by atoms with Gasteiger partial charge in [-0.15, -0.1) is 0 Å². The molecule has 0 aliphatic rings. The third kappa shape index (κ3) is 3.61. The van der Waals surface area contributed by atoms with E-state index in [1.54, 1.807) is 12.1 Å². The van der Waals surface area contributed by atoms with Gasteiger partial charge < -0.3 is 5.32 Å². The van der Waals surface area contributed by atoms with E-state index in [0.717, 1.165) is 5.56 Å². The third-order valence-electron chi connectivity index (χ3n) is 3.31. The van der Waals surface area contributed by atoms with Crippen molar-refractivity contribution in [2.75, 3.05) is 6.54 Å². The summed E-state index contributed by atoms with van der Waals surface area (Å²) in [6.07, 6.45) is 0. The molecule has 0 unspecified atom stereocenters. The zero-order chi connectivity index (χ0) is 14.5. The molecule has 2 aromatic rings. The van der Waals surface area contributed by atoms with E-state index in [4.69, 9.17) is 11.6 Å². The van der Waals surface area contributed by atoms with E-state index in [0.29, 0.717) is 17.1 Å². The Labute approximate surface area is 124 Å². The minimum absolute atomic E-state index is 0.127. The molecule has 0 aliphatic carbocycles. The van der Waals surface area contributed by atoms with Gasteiger partial charge in [0.05, 0.1) is 10.6 Å². The van der Waals surface area contributed by atoms with Crippen LogP contribution in [-0.4, -0.2) is 12.5 Å². The summed E-state index contributed by atoms with van der Waals surface area (Å²) in [4.78, 5) is 12.1. The standard InChI is InChI=1S/C17H18ClNO/c1-12-8-9-15(16(18)10-12)17(20)19-11-13(2)14-6-4-3-5-7-14/h3-10,13H,11H2,1-2H3,(H,19,20)/t13-/m1/s1. The summed E-state index contributed by atoms with van der Waals surface area (Å²) in [7, 11) is 0. The highest BCUT2D eigenvalue weighted by Crippen LogP contribution is 2.18. The topological polar surface area (TPSA) is 29.1 Å². The number of carbonyl (C=O) groups is 1. The molecule has 2 rings (SSSR count). The molecule has 0 saturated carbocycles. The average molecular weight is 288 g/mol. The molecular formula is C17H18ClNO. The van der Waals surface area contributed by atoms with Crippen LogP contribution in [0.4, 0.5) is 0 Å². The molecule has 2 aromatic carbocycles. The van der Waals surface area contributed by atoms with E-state index in [2.05, 4.69) is 24.4 Å². The Morgan fingerprint density at radius 1 is 1.20 bits per heavy atom.